The Morgan fingerprint density at radius 1 is 1.44 bits per heavy atom. The molecule has 1 aromatic rings. The molecule has 1 aromatic carbocycles. The van der Waals surface area contributed by atoms with Crippen molar-refractivity contribution in [3.05, 3.63) is 29.8 Å². The molecule has 1 amide bonds. The Hall–Kier alpha value is -1.55. The van der Waals surface area contributed by atoms with E-state index in [-0.39, 0.29) is 11.9 Å². The molecule has 3 N–H and O–H groups in total. The van der Waals surface area contributed by atoms with Crippen molar-refractivity contribution in [2.75, 3.05) is 13.7 Å². The van der Waals surface area contributed by atoms with Gasteiger partial charge in [-0.15, -0.1) is 0 Å². The summed E-state index contributed by atoms with van der Waals surface area (Å²) in [5.74, 6) is 0.943. The first-order valence-corrected chi connectivity index (χ1v) is 6.40. The van der Waals surface area contributed by atoms with Crippen LogP contribution in [0.1, 0.15) is 29.6 Å². The molecule has 0 aliphatic heterocycles. The zero-order valence-electron chi connectivity index (χ0n) is 10.7. The molecule has 0 saturated heterocycles. The van der Waals surface area contributed by atoms with E-state index in [1.54, 1.807) is 19.2 Å². The van der Waals surface area contributed by atoms with Crippen molar-refractivity contribution in [2.45, 2.75) is 25.3 Å². The highest BCUT2D eigenvalue weighted by Crippen LogP contribution is 2.25. The third-order valence-electron chi connectivity index (χ3n) is 3.63. The molecule has 0 aromatic heterocycles. The maximum Gasteiger partial charge on any atom is 0.255 e. The number of benzene rings is 1. The van der Waals surface area contributed by atoms with E-state index in [9.17, 15) is 4.79 Å². The van der Waals surface area contributed by atoms with Gasteiger partial charge in [-0.05, 0) is 37.4 Å². The van der Waals surface area contributed by atoms with Gasteiger partial charge in [0.2, 0.25) is 0 Å². The van der Waals surface area contributed by atoms with E-state index in [2.05, 4.69) is 5.32 Å². The van der Waals surface area contributed by atoms with Crippen molar-refractivity contribution < 1.29 is 9.53 Å². The first kappa shape index (κ1) is 12.9. The van der Waals surface area contributed by atoms with Crippen LogP contribution >= 0.6 is 0 Å². The van der Waals surface area contributed by atoms with Crippen molar-refractivity contribution in [3.63, 3.8) is 0 Å². The summed E-state index contributed by atoms with van der Waals surface area (Å²) in [7, 11) is 1.57. The Labute approximate surface area is 108 Å². The van der Waals surface area contributed by atoms with Crippen LogP contribution in [0.5, 0.6) is 5.75 Å². The van der Waals surface area contributed by atoms with E-state index in [1.165, 1.54) is 0 Å². The van der Waals surface area contributed by atoms with Crippen molar-refractivity contribution >= 4 is 5.91 Å². The lowest BCUT2D eigenvalue weighted by atomic mass is 10.0. The van der Waals surface area contributed by atoms with Crippen LogP contribution in [0.15, 0.2) is 24.3 Å². The van der Waals surface area contributed by atoms with Gasteiger partial charge < -0.3 is 15.8 Å². The fourth-order valence-corrected chi connectivity index (χ4v) is 2.59. The molecule has 0 bridgehead atoms. The largest absolute Gasteiger partial charge is 0.496 e. The second kappa shape index (κ2) is 5.87. The summed E-state index contributed by atoms with van der Waals surface area (Å²) >= 11 is 0. The number of carbonyl (C=O) groups excluding carboxylic acids is 1. The monoisotopic (exact) mass is 248 g/mol. The van der Waals surface area contributed by atoms with Gasteiger partial charge in [-0.2, -0.15) is 0 Å². The fourth-order valence-electron chi connectivity index (χ4n) is 2.59. The molecular weight excluding hydrogens is 228 g/mol. The lowest BCUT2D eigenvalue weighted by Crippen LogP contribution is -2.39. The van der Waals surface area contributed by atoms with Gasteiger partial charge in [-0.3, -0.25) is 4.79 Å². The van der Waals surface area contributed by atoms with Crippen LogP contribution in [-0.4, -0.2) is 25.6 Å². The second-order valence-corrected chi connectivity index (χ2v) is 4.71. The highest BCUT2D eigenvalue weighted by Gasteiger charge is 2.28. The van der Waals surface area contributed by atoms with Crippen molar-refractivity contribution in [2.24, 2.45) is 11.7 Å². The van der Waals surface area contributed by atoms with E-state index in [0.29, 0.717) is 23.8 Å². The number of hydrogen-bond acceptors (Lipinski definition) is 3. The minimum Gasteiger partial charge on any atom is -0.496 e. The summed E-state index contributed by atoms with van der Waals surface area (Å²) in [5.41, 5.74) is 6.30. The third-order valence-corrected chi connectivity index (χ3v) is 3.63. The van der Waals surface area contributed by atoms with Crippen LogP contribution in [0.25, 0.3) is 0 Å². The summed E-state index contributed by atoms with van der Waals surface area (Å²) < 4.78 is 5.20. The average molecular weight is 248 g/mol. The molecule has 2 unspecified atom stereocenters. The molecule has 1 fully saturated rings. The molecule has 2 atom stereocenters. The SMILES string of the molecule is COc1ccccc1C(=O)NC1CCCC1CN. The standard InChI is InChI=1S/C14H20N2O2/c1-18-13-8-3-2-6-11(13)14(17)16-12-7-4-5-10(12)9-15/h2-3,6,8,10,12H,4-5,7,9,15H2,1H3,(H,16,17). The molecule has 4 heteroatoms. The Kier molecular flexibility index (Phi) is 4.20. The molecule has 0 radical (unpaired) electrons. The fraction of sp³-hybridized carbons (Fsp3) is 0.500. The number of hydrogen-bond donors (Lipinski definition) is 2. The third kappa shape index (κ3) is 2.64. The van der Waals surface area contributed by atoms with Crippen LogP contribution in [-0.2, 0) is 0 Å². The smallest absolute Gasteiger partial charge is 0.255 e. The van der Waals surface area contributed by atoms with Gasteiger partial charge >= 0.3 is 0 Å². The normalized spacial score (nSPS) is 22.8. The maximum absolute atomic E-state index is 12.2. The lowest BCUT2D eigenvalue weighted by molar-refractivity contribution is 0.0925. The zero-order valence-corrected chi connectivity index (χ0v) is 10.7. The molecule has 18 heavy (non-hydrogen) atoms. The van der Waals surface area contributed by atoms with Crippen molar-refractivity contribution in [1.82, 2.24) is 5.32 Å². The lowest BCUT2D eigenvalue weighted by Gasteiger charge is -2.20. The minimum atomic E-state index is -0.0715. The summed E-state index contributed by atoms with van der Waals surface area (Å²) in [6.45, 7) is 0.636. The molecule has 1 aliphatic rings. The van der Waals surface area contributed by atoms with E-state index < -0.39 is 0 Å². The number of para-hydroxylation sites is 1. The molecular formula is C14H20N2O2. The predicted molar refractivity (Wildman–Crippen MR) is 70.6 cm³/mol. The number of nitrogens with one attached hydrogen (secondary N) is 1. The van der Waals surface area contributed by atoms with Crippen molar-refractivity contribution in [1.29, 1.82) is 0 Å². The summed E-state index contributed by atoms with van der Waals surface area (Å²) in [6, 6.07) is 7.47. The predicted octanol–water partition coefficient (Wildman–Crippen LogP) is 1.55. The maximum atomic E-state index is 12.2. The number of amides is 1. The number of carbonyl (C=O) groups is 1. The van der Waals surface area contributed by atoms with Crippen LogP contribution in [0.3, 0.4) is 0 Å². The van der Waals surface area contributed by atoms with Crippen LogP contribution in [0.2, 0.25) is 0 Å². The van der Waals surface area contributed by atoms with Gasteiger partial charge in [0, 0.05) is 6.04 Å². The molecule has 98 valence electrons. The Balaban J connectivity index is 2.07. The topological polar surface area (TPSA) is 64.3 Å². The van der Waals surface area contributed by atoms with Crippen molar-refractivity contribution in [3.8, 4) is 5.75 Å². The highest BCUT2D eigenvalue weighted by atomic mass is 16.5. The molecule has 1 saturated carbocycles. The van der Waals surface area contributed by atoms with Gasteiger partial charge in [0.15, 0.2) is 0 Å². The Morgan fingerprint density at radius 2 is 2.22 bits per heavy atom. The van der Waals surface area contributed by atoms with Gasteiger partial charge in [0.05, 0.1) is 12.7 Å². The molecule has 2 rings (SSSR count). The quantitative estimate of drug-likeness (QED) is 0.849. The number of rotatable bonds is 4. The second-order valence-electron chi connectivity index (χ2n) is 4.71. The van der Waals surface area contributed by atoms with Gasteiger partial charge in [-0.25, -0.2) is 0 Å². The number of ether oxygens (including phenoxy) is 1. The number of methoxy groups -OCH3 is 1. The van der Waals surface area contributed by atoms with Crippen LogP contribution < -0.4 is 15.8 Å². The minimum absolute atomic E-state index is 0.0715. The van der Waals surface area contributed by atoms with E-state index >= 15 is 0 Å². The summed E-state index contributed by atoms with van der Waals surface area (Å²) in [6.07, 6.45) is 3.26. The molecule has 0 spiro atoms. The van der Waals surface area contributed by atoms with E-state index in [0.717, 1.165) is 19.3 Å². The average Bonchev–Trinajstić information content (AvgIpc) is 2.85. The Bertz CT molecular complexity index is 420. The Morgan fingerprint density at radius 3 is 2.94 bits per heavy atom. The van der Waals surface area contributed by atoms with E-state index in [1.807, 2.05) is 12.1 Å². The molecule has 4 nitrogen and oxygen atoms in total. The molecule has 0 heterocycles. The van der Waals surface area contributed by atoms with Crippen LogP contribution in [0, 0.1) is 5.92 Å². The van der Waals surface area contributed by atoms with Gasteiger partial charge in [-0.1, -0.05) is 18.6 Å². The van der Waals surface area contributed by atoms with Gasteiger partial charge in [0.25, 0.3) is 5.91 Å². The summed E-state index contributed by atoms with van der Waals surface area (Å²) in [5, 5.41) is 3.07. The first-order valence-electron chi connectivity index (χ1n) is 6.40. The van der Waals surface area contributed by atoms with E-state index in [4.69, 9.17) is 10.5 Å². The molecule has 1 aliphatic carbocycles. The first-order chi connectivity index (χ1) is 8.76. The van der Waals surface area contributed by atoms with Crippen LogP contribution in [0.4, 0.5) is 0 Å². The summed E-state index contributed by atoms with van der Waals surface area (Å²) in [4.78, 5) is 12.2. The van der Waals surface area contributed by atoms with Gasteiger partial charge in [0.1, 0.15) is 5.75 Å². The zero-order chi connectivity index (χ0) is 13.0. The number of nitrogens with two attached hydrogens (primary N) is 1. The highest BCUT2D eigenvalue weighted by molar-refractivity contribution is 5.97.